The molecule has 1 aliphatic rings. The molecule has 3 rings (SSSR count). The smallest absolute Gasteiger partial charge is 0.416 e. The van der Waals surface area contributed by atoms with Crippen LogP contribution in [-0.2, 0) is 15.7 Å². The topological polar surface area (TPSA) is 96.8 Å². The molecule has 2 heterocycles. The molecule has 32 heavy (non-hydrogen) atoms. The van der Waals surface area contributed by atoms with Crippen LogP contribution < -0.4 is 5.32 Å². The van der Waals surface area contributed by atoms with Gasteiger partial charge in [-0.15, -0.1) is 11.5 Å². The summed E-state index contributed by atoms with van der Waals surface area (Å²) in [4.78, 5) is 32.8. The summed E-state index contributed by atoms with van der Waals surface area (Å²) in [7, 11) is 0. The highest BCUT2D eigenvalue weighted by Gasteiger charge is 2.32. The third-order valence-electron chi connectivity index (χ3n) is 4.25. The fourth-order valence-electron chi connectivity index (χ4n) is 2.79. The highest BCUT2D eigenvalue weighted by Crippen LogP contribution is 2.32. The highest BCUT2D eigenvalue weighted by molar-refractivity contribution is 6.31. The van der Waals surface area contributed by atoms with Crippen molar-refractivity contribution in [3.05, 3.63) is 58.1 Å². The first-order valence-electron chi connectivity index (χ1n) is 9.05. The fourth-order valence-corrected chi connectivity index (χ4v) is 3.02. The number of nitrogens with one attached hydrogen (secondary N) is 1. The van der Waals surface area contributed by atoms with Gasteiger partial charge in [-0.1, -0.05) is 17.5 Å². The molecule has 0 fully saturated rings. The molecule has 1 aliphatic heterocycles. The molecule has 0 radical (unpaired) electrons. The number of hydrogen-bond donors (Lipinski definition) is 1. The van der Waals surface area contributed by atoms with Crippen molar-refractivity contribution in [1.29, 1.82) is 0 Å². The van der Waals surface area contributed by atoms with E-state index in [1.54, 1.807) is 6.92 Å². The fraction of sp³-hybridized carbons (Fsp3) is 0.250. The maximum Gasteiger partial charge on any atom is 0.416 e. The second-order valence-corrected chi connectivity index (χ2v) is 7.00. The van der Waals surface area contributed by atoms with E-state index in [0.717, 1.165) is 17.1 Å². The number of nitrogens with zero attached hydrogens (tertiary/aromatic N) is 4. The first-order chi connectivity index (χ1) is 15.1. The summed E-state index contributed by atoms with van der Waals surface area (Å²) in [5, 5.41) is 7.38. The Morgan fingerprint density at radius 3 is 2.75 bits per heavy atom. The first kappa shape index (κ1) is 23.0. The SMILES string of the molecule is C#CCN1N=C(c2nccnc2C(C)NC(=O)c2cc(Cl)cc(C(F)(F)F)c2)OCC1=O. The van der Waals surface area contributed by atoms with Crippen molar-refractivity contribution in [2.24, 2.45) is 5.10 Å². The molecule has 1 aromatic carbocycles. The van der Waals surface area contributed by atoms with E-state index >= 15 is 0 Å². The van der Waals surface area contributed by atoms with Crippen LogP contribution in [0.2, 0.25) is 5.02 Å². The summed E-state index contributed by atoms with van der Waals surface area (Å²) in [5.74, 6) is 1.01. The number of aromatic nitrogens is 2. The van der Waals surface area contributed by atoms with Crippen molar-refractivity contribution in [3.8, 4) is 12.3 Å². The number of alkyl halides is 3. The Labute approximate surface area is 185 Å². The van der Waals surface area contributed by atoms with Crippen LogP contribution in [0.5, 0.6) is 0 Å². The normalized spacial score (nSPS) is 14.8. The van der Waals surface area contributed by atoms with E-state index in [-0.39, 0.29) is 41.0 Å². The zero-order chi connectivity index (χ0) is 23.5. The number of ether oxygens (including phenoxy) is 1. The minimum atomic E-state index is -4.66. The lowest BCUT2D eigenvalue weighted by Gasteiger charge is -2.23. The molecule has 1 unspecified atom stereocenters. The summed E-state index contributed by atoms with van der Waals surface area (Å²) < 4.78 is 44.4. The number of hydrogen-bond acceptors (Lipinski definition) is 6. The van der Waals surface area contributed by atoms with Crippen molar-refractivity contribution in [2.45, 2.75) is 19.1 Å². The van der Waals surface area contributed by atoms with Crippen molar-refractivity contribution in [2.75, 3.05) is 13.2 Å². The molecular formula is C20H15ClF3N5O3. The highest BCUT2D eigenvalue weighted by atomic mass is 35.5. The number of carbonyl (C=O) groups is 2. The Morgan fingerprint density at radius 2 is 2.06 bits per heavy atom. The number of hydrazone groups is 1. The molecule has 2 amide bonds. The van der Waals surface area contributed by atoms with Crippen LogP contribution in [0, 0.1) is 12.3 Å². The van der Waals surface area contributed by atoms with Crippen LogP contribution in [-0.4, -0.2) is 45.8 Å². The summed E-state index contributed by atoms with van der Waals surface area (Å²) in [6.45, 7) is 1.15. The second kappa shape index (κ2) is 9.23. The number of amides is 2. The molecule has 2 aromatic rings. The second-order valence-electron chi connectivity index (χ2n) is 6.56. The molecular weight excluding hydrogens is 451 g/mol. The molecule has 0 bridgehead atoms. The average molecular weight is 466 g/mol. The number of benzene rings is 1. The number of halogens is 4. The minimum absolute atomic E-state index is 0.0360. The summed E-state index contributed by atoms with van der Waals surface area (Å²) in [6, 6.07) is 1.73. The Balaban J connectivity index is 1.87. The van der Waals surface area contributed by atoms with Gasteiger partial charge in [-0.3, -0.25) is 14.6 Å². The van der Waals surface area contributed by atoms with Crippen molar-refractivity contribution >= 4 is 29.3 Å². The Morgan fingerprint density at radius 1 is 1.34 bits per heavy atom. The summed E-state index contributed by atoms with van der Waals surface area (Å²) in [5.41, 5.74) is -0.977. The van der Waals surface area contributed by atoms with Crippen molar-refractivity contribution in [3.63, 3.8) is 0 Å². The molecule has 0 saturated heterocycles. The van der Waals surface area contributed by atoms with E-state index in [4.69, 9.17) is 22.8 Å². The van der Waals surface area contributed by atoms with Crippen molar-refractivity contribution in [1.82, 2.24) is 20.3 Å². The lowest BCUT2D eigenvalue weighted by atomic mass is 10.1. The largest absolute Gasteiger partial charge is 0.465 e. The van der Waals surface area contributed by atoms with Gasteiger partial charge >= 0.3 is 6.18 Å². The van der Waals surface area contributed by atoms with Gasteiger partial charge in [0.2, 0.25) is 0 Å². The van der Waals surface area contributed by atoms with Gasteiger partial charge in [-0.2, -0.15) is 13.2 Å². The predicted molar refractivity (Wildman–Crippen MR) is 107 cm³/mol. The van der Waals surface area contributed by atoms with Crippen LogP contribution >= 0.6 is 11.6 Å². The van der Waals surface area contributed by atoms with Gasteiger partial charge in [0.1, 0.15) is 6.54 Å². The third-order valence-corrected chi connectivity index (χ3v) is 4.47. The predicted octanol–water partition coefficient (Wildman–Crippen LogP) is 2.79. The molecule has 166 valence electrons. The number of carbonyl (C=O) groups excluding carboxylic acids is 2. The van der Waals surface area contributed by atoms with Gasteiger partial charge in [-0.25, -0.2) is 9.99 Å². The van der Waals surface area contributed by atoms with Crippen LogP contribution in [0.15, 0.2) is 35.7 Å². The minimum Gasteiger partial charge on any atom is -0.465 e. The monoisotopic (exact) mass is 465 g/mol. The van der Waals surface area contributed by atoms with Crippen LogP contribution in [0.25, 0.3) is 0 Å². The molecule has 0 saturated carbocycles. The maximum atomic E-state index is 13.0. The third kappa shape index (κ3) is 5.15. The van der Waals surface area contributed by atoms with Crippen molar-refractivity contribution < 1.29 is 27.5 Å². The van der Waals surface area contributed by atoms with Crippen LogP contribution in [0.3, 0.4) is 0 Å². The Kier molecular flexibility index (Phi) is 6.64. The quantitative estimate of drug-likeness (QED) is 0.685. The molecule has 0 spiro atoms. The average Bonchev–Trinajstić information content (AvgIpc) is 2.74. The molecule has 1 aromatic heterocycles. The standard InChI is InChI=1S/C20H15ClF3N5O3/c1-3-6-29-15(30)10-32-19(28-29)17-16(25-4-5-26-17)11(2)27-18(31)12-7-13(20(22,23)24)9-14(21)8-12/h1,4-5,7-9,11H,6,10H2,2H3,(H,27,31). The van der Waals surface area contributed by atoms with E-state index in [9.17, 15) is 22.8 Å². The van der Waals surface area contributed by atoms with Gasteiger partial charge in [0.25, 0.3) is 17.7 Å². The van der Waals surface area contributed by atoms with E-state index in [1.165, 1.54) is 12.4 Å². The van der Waals surface area contributed by atoms with E-state index in [0.29, 0.717) is 6.07 Å². The number of rotatable bonds is 5. The Hall–Kier alpha value is -3.65. The summed E-state index contributed by atoms with van der Waals surface area (Å²) >= 11 is 5.75. The molecule has 1 atom stereocenters. The lowest BCUT2D eigenvalue weighted by Crippen LogP contribution is -2.38. The zero-order valence-electron chi connectivity index (χ0n) is 16.5. The maximum absolute atomic E-state index is 13.0. The van der Waals surface area contributed by atoms with Gasteiger partial charge in [0.15, 0.2) is 12.3 Å². The van der Waals surface area contributed by atoms with E-state index in [2.05, 4.69) is 26.3 Å². The molecule has 0 aliphatic carbocycles. The molecule has 8 nitrogen and oxygen atoms in total. The van der Waals surface area contributed by atoms with Crippen LogP contribution in [0.1, 0.15) is 40.3 Å². The Bertz CT molecular complexity index is 1130. The van der Waals surface area contributed by atoms with Gasteiger partial charge in [-0.05, 0) is 25.1 Å². The molecule has 12 heteroatoms. The first-order valence-corrected chi connectivity index (χ1v) is 9.43. The van der Waals surface area contributed by atoms with E-state index < -0.39 is 29.6 Å². The lowest BCUT2D eigenvalue weighted by molar-refractivity contribution is -0.137. The van der Waals surface area contributed by atoms with E-state index in [1.807, 2.05) is 0 Å². The summed E-state index contributed by atoms with van der Waals surface area (Å²) in [6.07, 6.45) is 3.28. The van der Waals surface area contributed by atoms with Crippen LogP contribution in [0.4, 0.5) is 13.2 Å². The van der Waals surface area contributed by atoms with Gasteiger partial charge < -0.3 is 10.1 Å². The van der Waals surface area contributed by atoms with Gasteiger partial charge in [0.05, 0.1) is 17.3 Å². The molecule has 1 N–H and O–H groups in total. The van der Waals surface area contributed by atoms with Gasteiger partial charge in [0, 0.05) is 23.0 Å². The zero-order valence-corrected chi connectivity index (χ0v) is 17.2. The number of terminal acetylenes is 1.